The fourth-order valence-corrected chi connectivity index (χ4v) is 1.41. The molecular weight excluding hydrogens is 190 g/mol. The molecule has 15 heavy (non-hydrogen) atoms. The molecule has 0 heterocycles. The molecule has 3 heteroatoms. The average molecular weight is 203 g/mol. The summed E-state index contributed by atoms with van der Waals surface area (Å²) in [6.45, 7) is 5.28. The predicted octanol–water partition coefficient (Wildman–Crippen LogP) is 2.18. The normalized spacial score (nSPS) is 11.1. The zero-order valence-electron chi connectivity index (χ0n) is 8.53. The zero-order valence-corrected chi connectivity index (χ0v) is 8.53. The smallest absolute Gasteiger partial charge is 0.249 e. The highest BCUT2D eigenvalue weighted by Crippen LogP contribution is 2.21. The van der Waals surface area contributed by atoms with E-state index < -0.39 is 5.91 Å². The summed E-state index contributed by atoms with van der Waals surface area (Å²) < 4.78 is 0. The number of aliphatic hydroxyl groups is 1. The lowest BCUT2D eigenvalue weighted by molar-refractivity contribution is 0.0999. The monoisotopic (exact) mass is 203 g/mol. The first-order valence-electron chi connectivity index (χ1n) is 4.49. The van der Waals surface area contributed by atoms with Crippen molar-refractivity contribution in [1.82, 2.24) is 0 Å². The fraction of sp³-hybridized carbons (Fsp3) is 0.0833. The molecule has 0 aliphatic carbocycles. The standard InChI is InChI=1S/C12H13NO2/c1-3-5-10(14)11-8(2)6-4-7-9(11)12(13)15/h3-7,14H,1H2,2H3,(H2,13,15)/b10-5+. The maximum Gasteiger partial charge on any atom is 0.249 e. The number of hydrogen-bond acceptors (Lipinski definition) is 2. The average Bonchev–Trinajstić information content (AvgIpc) is 2.17. The van der Waals surface area contributed by atoms with E-state index in [4.69, 9.17) is 5.73 Å². The molecule has 0 saturated heterocycles. The summed E-state index contributed by atoms with van der Waals surface area (Å²) in [6.07, 6.45) is 2.88. The van der Waals surface area contributed by atoms with Gasteiger partial charge in [-0.1, -0.05) is 24.8 Å². The van der Waals surface area contributed by atoms with E-state index in [0.717, 1.165) is 5.56 Å². The van der Waals surface area contributed by atoms with Gasteiger partial charge in [0.2, 0.25) is 5.91 Å². The van der Waals surface area contributed by atoms with Crippen molar-refractivity contribution in [2.24, 2.45) is 5.73 Å². The van der Waals surface area contributed by atoms with Crippen LogP contribution in [0.25, 0.3) is 5.76 Å². The molecule has 0 unspecified atom stereocenters. The van der Waals surface area contributed by atoms with Gasteiger partial charge < -0.3 is 10.8 Å². The van der Waals surface area contributed by atoms with Crippen molar-refractivity contribution in [1.29, 1.82) is 0 Å². The van der Waals surface area contributed by atoms with E-state index in [0.29, 0.717) is 11.1 Å². The number of rotatable bonds is 3. The van der Waals surface area contributed by atoms with Gasteiger partial charge in [0.05, 0.1) is 5.56 Å². The van der Waals surface area contributed by atoms with Crippen molar-refractivity contribution in [2.75, 3.05) is 0 Å². The summed E-state index contributed by atoms with van der Waals surface area (Å²) in [5.41, 5.74) is 6.78. The number of nitrogens with two attached hydrogens (primary N) is 1. The first kappa shape index (κ1) is 11.0. The largest absolute Gasteiger partial charge is 0.507 e. The molecule has 1 amide bonds. The topological polar surface area (TPSA) is 63.3 Å². The SMILES string of the molecule is C=C/C=C(/O)c1c(C)cccc1C(N)=O. The molecule has 0 aromatic heterocycles. The fourth-order valence-electron chi connectivity index (χ4n) is 1.41. The van der Waals surface area contributed by atoms with Gasteiger partial charge in [0.25, 0.3) is 0 Å². The minimum absolute atomic E-state index is 0.00287. The first-order chi connectivity index (χ1) is 7.07. The molecule has 1 aromatic carbocycles. The summed E-state index contributed by atoms with van der Waals surface area (Å²) in [5.74, 6) is -0.561. The number of benzene rings is 1. The van der Waals surface area contributed by atoms with Crippen molar-refractivity contribution in [3.8, 4) is 0 Å². The molecule has 0 aliphatic heterocycles. The van der Waals surface area contributed by atoms with Gasteiger partial charge in [-0.3, -0.25) is 4.79 Å². The summed E-state index contributed by atoms with van der Waals surface area (Å²) in [5, 5.41) is 9.71. The van der Waals surface area contributed by atoms with E-state index in [2.05, 4.69) is 6.58 Å². The van der Waals surface area contributed by atoms with Crippen LogP contribution in [-0.2, 0) is 0 Å². The Morgan fingerprint density at radius 3 is 2.73 bits per heavy atom. The number of carbonyl (C=O) groups is 1. The lowest BCUT2D eigenvalue weighted by Gasteiger charge is -2.08. The second-order valence-electron chi connectivity index (χ2n) is 3.15. The van der Waals surface area contributed by atoms with Crippen molar-refractivity contribution >= 4 is 11.7 Å². The number of carbonyl (C=O) groups excluding carboxylic acids is 1. The molecule has 3 N–H and O–H groups in total. The van der Waals surface area contributed by atoms with Crippen LogP contribution in [0, 0.1) is 6.92 Å². The molecule has 0 saturated carbocycles. The van der Waals surface area contributed by atoms with Crippen molar-refractivity contribution in [3.05, 3.63) is 53.6 Å². The minimum Gasteiger partial charge on any atom is -0.507 e. The van der Waals surface area contributed by atoms with Gasteiger partial charge in [0, 0.05) is 5.56 Å². The Kier molecular flexibility index (Phi) is 3.29. The van der Waals surface area contributed by atoms with E-state index >= 15 is 0 Å². The molecule has 0 fully saturated rings. The zero-order chi connectivity index (χ0) is 11.4. The highest BCUT2D eigenvalue weighted by atomic mass is 16.3. The summed E-state index contributed by atoms with van der Waals surface area (Å²) in [4.78, 5) is 11.1. The van der Waals surface area contributed by atoms with Gasteiger partial charge in [0.15, 0.2) is 0 Å². The lowest BCUT2D eigenvalue weighted by Crippen LogP contribution is -2.14. The summed E-state index contributed by atoms with van der Waals surface area (Å²) in [6, 6.07) is 5.10. The van der Waals surface area contributed by atoms with Crippen LogP contribution in [0.2, 0.25) is 0 Å². The maximum absolute atomic E-state index is 11.1. The molecule has 0 spiro atoms. The minimum atomic E-state index is -0.558. The van der Waals surface area contributed by atoms with Gasteiger partial charge in [0.1, 0.15) is 5.76 Å². The number of aliphatic hydroxyl groups excluding tert-OH is 1. The Hall–Kier alpha value is -2.03. The van der Waals surface area contributed by atoms with Crippen molar-refractivity contribution < 1.29 is 9.90 Å². The molecule has 0 atom stereocenters. The van der Waals surface area contributed by atoms with Gasteiger partial charge in [-0.25, -0.2) is 0 Å². The van der Waals surface area contributed by atoms with Crippen LogP contribution < -0.4 is 5.73 Å². The Morgan fingerprint density at radius 2 is 2.20 bits per heavy atom. The third-order valence-electron chi connectivity index (χ3n) is 2.07. The third kappa shape index (κ3) is 2.26. The van der Waals surface area contributed by atoms with Crippen LogP contribution in [0.5, 0.6) is 0 Å². The van der Waals surface area contributed by atoms with Crippen molar-refractivity contribution in [3.63, 3.8) is 0 Å². The van der Waals surface area contributed by atoms with Gasteiger partial charge >= 0.3 is 0 Å². The van der Waals surface area contributed by atoms with Gasteiger partial charge in [-0.2, -0.15) is 0 Å². The molecule has 78 valence electrons. The second-order valence-corrected chi connectivity index (χ2v) is 3.15. The van der Waals surface area contributed by atoms with E-state index in [-0.39, 0.29) is 5.76 Å². The van der Waals surface area contributed by atoms with Crippen LogP contribution in [0.1, 0.15) is 21.5 Å². The highest BCUT2D eigenvalue weighted by molar-refractivity contribution is 5.98. The maximum atomic E-state index is 11.1. The van der Waals surface area contributed by atoms with E-state index in [1.54, 1.807) is 25.1 Å². The molecule has 0 bridgehead atoms. The molecule has 0 radical (unpaired) electrons. The van der Waals surface area contributed by atoms with Gasteiger partial charge in [-0.05, 0) is 24.6 Å². The third-order valence-corrected chi connectivity index (χ3v) is 2.07. The quantitative estimate of drug-likeness (QED) is 0.584. The lowest BCUT2D eigenvalue weighted by atomic mass is 9.99. The van der Waals surface area contributed by atoms with E-state index in [1.807, 2.05) is 0 Å². The molecule has 1 rings (SSSR count). The molecule has 3 nitrogen and oxygen atoms in total. The highest BCUT2D eigenvalue weighted by Gasteiger charge is 2.12. The van der Waals surface area contributed by atoms with E-state index in [1.165, 1.54) is 12.2 Å². The Morgan fingerprint density at radius 1 is 1.53 bits per heavy atom. The Bertz CT molecular complexity index is 433. The Labute approximate surface area is 88.5 Å². The molecule has 1 aromatic rings. The summed E-state index contributed by atoms with van der Waals surface area (Å²) >= 11 is 0. The number of allylic oxidation sites excluding steroid dienone is 2. The Balaban J connectivity index is 3.43. The van der Waals surface area contributed by atoms with Crippen LogP contribution in [0.4, 0.5) is 0 Å². The van der Waals surface area contributed by atoms with E-state index in [9.17, 15) is 9.90 Å². The number of primary amides is 1. The molecule has 0 aliphatic rings. The predicted molar refractivity (Wildman–Crippen MR) is 60.5 cm³/mol. The first-order valence-corrected chi connectivity index (χ1v) is 4.49. The van der Waals surface area contributed by atoms with Crippen LogP contribution in [0.15, 0.2) is 36.9 Å². The van der Waals surface area contributed by atoms with Crippen LogP contribution in [-0.4, -0.2) is 11.0 Å². The van der Waals surface area contributed by atoms with Gasteiger partial charge in [-0.15, -0.1) is 0 Å². The van der Waals surface area contributed by atoms with Crippen molar-refractivity contribution in [2.45, 2.75) is 6.92 Å². The van der Waals surface area contributed by atoms with Crippen LogP contribution >= 0.6 is 0 Å². The number of hydrogen-bond donors (Lipinski definition) is 2. The summed E-state index contributed by atoms with van der Waals surface area (Å²) in [7, 11) is 0. The van der Waals surface area contributed by atoms with Crippen LogP contribution in [0.3, 0.4) is 0 Å². The number of amides is 1. The number of aryl methyl sites for hydroxylation is 1. The second kappa shape index (κ2) is 4.46. The molecular formula is C12H13NO2.